The molecular weight excluding hydrogens is 242 g/mol. The molecule has 0 N–H and O–H groups in total. The summed E-state index contributed by atoms with van der Waals surface area (Å²) in [5.74, 6) is -0.774. The fourth-order valence-corrected chi connectivity index (χ4v) is 3.29. The molecule has 96 valence electrons. The Morgan fingerprint density at radius 2 is 1.53 bits per heavy atom. The zero-order valence-electron chi connectivity index (χ0n) is 10.2. The third-order valence-corrected chi connectivity index (χ3v) is 4.19. The molecule has 0 unspecified atom stereocenters. The molecule has 0 radical (unpaired) electrons. The first-order chi connectivity index (χ1) is 9.25. The first kappa shape index (κ1) is 10.9. The quantitative estimate of drug-likeness (QED) is 0.588. The van der Waals surface area contributed by atoms with Gasteiger partial charge in [0.1, 0.15) is 0 Å². The van der Waals surface area contributed by atoms with Gasteiger partial charge in [0, 0.05) is 0 Å². The standard InChI is InChI=1S/C15H13NO3/c17-14-12-10-6-7-11(19-10)13(12)15(18)16(14)8-9-4-2-1-3-5-9/h1-7,10-13H,8H2/t10-,11-,12+,13+/m1/s1. The van der Waals surface area contributed by atoms with Crippen molar-refractivity contribution in [2.45, 2.75) is 18.8 Å². The van der Waals surface area contributed by atoms with E-state index < -0.39 is 0 Å². The van der Waals surface area contributed by atoms with Crippen LogP contribution in [0.4, 0.5) is 0 Å². The van der Waals surface area contributed by atoms with E-state index in [2.05, 4.69) is 0 Å². The van der Waals surface area contributed by atoms with E-state index in [1.165, 1.54) is 4.90 Å². The minimum Gasteiger partial charge on any atom is -0.365 e. The van der Waals surface area contributed by atoms with E-state index in [-0.39, 0.29) is 35.9 Å². The van der Waals surface area contributed by atoms with Gasteiger partial charge in [0.15, 0.2) is 0 Å². The Morgan fingerprint density at radius 1 is 0.947 bits per heavy atom. The lowest BCUT2D eigenvalue weighted by molar-refractivity contribution is -0.143. The normalized spacial score (nSPS) is 35.3. The Balaban J connectivity index is 1.62. The molecule has 4 rings (SSSR count). The van der Waals surface area contributed by atoms with Crippen molar-refractivity contribution in [3.05, 3.63) is 48.0 Å². The molecule has 1 aromatic rings. The molecule has 3 aliphatic heterocycles. The van der Waals surface area contributed by atoms with Crippen molar-refractivity contribution < 1.29 is 14.3 Å². The molecule has 0 saturated carbocycles. The number of benzene rings is 1. The number of hydrogen-bond acceptors (Lipinski definition) is 3. The smallest absolute Gasteiger partial charge is 0.236 e. The molecular formula is C15H13NO3. The van der Waals surface area contributed by atoms with Gasteiger partial charge in [0.05, 0.1) is 30.6 Å². The maximum absolute atomic E-state index is 12.4. The zero-order chi connectivity index (χ0) is 13.0. The second-order valence-electron chi connectivity index (χ2n) is 5.25. The monoisotopic (exact) mass is 255 g/mol. The van der Waals surface area contributed by atoms with Crippen molar-refractivity contribution in [3.63, 3.8) is 0 Å². The van der Waals surface area contributed by atoms with Gasteiger partial charge in [-0.2, -0.15) is 0 Å². The average molecular weight is 255 g/mol. The van der Waals surface area contributed by atoms with Gasteiger partial charge in [0.25, 0.3) is 0 Å². The zero-order valence-corrected chi connectivity index (χ0v) is 10.2. The Bertz CT molecular complexity index is 550. The van der Waals surface area contributed by atoms with Gasteiger partial charge in [0.2, 0.25) is 11.8 Å². The molecule has 19 heavy (non-hydrogen) atoms. The number of likely N-dealkylation sites (tertiary alicyclic amines) is 1. The molecule has 2 bridgehead atoms. The summed E-state index contributed by atoms with van der Waals surface area (Å²) in [4.78, 5) is 26.2. The predicted molar refractivity (Wildman–Crippen MR) is 66.8 cm³/mol. The molecule has 2 amide bonds. The highest BCUT2D eigenvalue weighted by Gasteiger charge is 2.60. The van der Waals surface area contributed by atoms with Crippen LogP contribution in [0, 0.1) is 11.8 Å². The molecule has 0 aliphatic carbocycles. The summed E-state index contributed by atoms with van der Waals surface area (Å²) in [6.07, 6.45) is 3.41. The first-order valence-electron chi connectivity index (χ1n) is 6.48. The van der Waals surface area contributed by atoms with Gasteiger partial charge in [-0.3, -0.25) is 14.5 Å². The van der Waals surface area contributed by atoms with Gasteiger partial charge < -0.3 is 4.74 Å². The van der Waals surface area contributed by atoms with Crippen molar-refractivity contribution in [1.82, 2.24) is 4.90 Å². The highest BCUT2D eigenvalue weighted by Crippen LogP contribution is 2.45. The molecule has 2 saturated heterocycles. The Hall–Kier alpha value is -1.94. The molecule has 1 aromatic carbocycles. The summed E-state index contributed by atoms with van der Waals surface area (Å²) in [7, 11) is 0. The first-order valence-corrected chi connectivity index (χ1v) is 6.48. The average Bonchev–Trinajstić information content (AvgIpc) is 3.10. The van der Waals surface area contributed by atoms with Crippen molar-refractivity contribution in [3.8, 4) is 0 Å². The Kier molecular flexibility index (Phi) is 2.17. The van der Waals surface area contributed by atoms with Crippen molar-refractivity contribution in [1.29, 1.82) is 0 Å². The molecule has 3 heterocycles. The van der Waals surface area contributed by atoms with E-state index in [4.69, 9.17) is 4.74 Å². The number of carbonyl (C=O) groups excluding carboxylic acids is 2. The Labute approximate surface area is 110 Å². The minimum absolute atomic E-state index is 0.0873. The van der Waals surface area contributed by atoms with E-state index in [1.54, 1.807) is 0 Å². The molecule has 4 atom stereocenters. The summed E-state index contributed by atoms with van der Waals surface area (Å²) < 4.78 is 5.60. The summed E-state index contributed by atoms with van der Waals surface area (Å²) in [6, 6.07) is 9.60. The third-order valence-electron chi connectivity index (χ3n) is 4.19. The minimum atomic E-state index is -0.300. The summed E-state index contributed by atoms with van der Waals surface area (Å²) in [5.41, 5.74) is 0.977. The Morgan fingerprint density at radius 3 is 2.11 bits per heavy atom. The summed E-state index contributed by atoms with van der Waals surface area (Å²) >= 11 is 0. The number of carbonyl (C=O) groups is 2. The van der Waals surface area contributed by atoms with Gasteiger partial charge >= 0.3 is 0 Å². The second-order valence-corrected chi connectivity index (χ2v) is 5.25. The van der Waals surface area contributed by atoms with Crippen LogP contribution in [0.3, 0.4) is 0 Å². The number of imide groups is 1. The maximum Gasteiger partial charge on any atom is 0.236 e. The summed E-state index contributed by atoms with van der Waals surface area (Å²) in [6.45, 7) is 0.366. The number of nitrogens with zero attached hydrogens (tertiary/aromatic N) is 1. The van der Waals surface area contributed by atoms with Crippen molar-refractivity contribution in [2.24, 2.45) is 11.8 Å². The van der Waals surface area contributed by atoms with Crippen LogP contribution in [0.2, 0.25) is 0 Å². The van der Waals surface area contributed by atoms with Crippen molar-refractivity contribution in [2.75, 3.05) is 0 Å². The van der Waals surface area contributed by atoms with Crippen LogP contribution in [0.5, 0.6) is 0 Å². The van der Waals surface area contributed by atoms with Crippen LogP contribution >= 0.6 is 0 Å². The van der Waals surface area contributed by atoms with Crippen LogP contribution in [0.15, 0.2) is 42.5 Å². The largest absolute Gasteiger partial charge is 0.365 e. The van der Waals surface area contributed by atoms with Crippen LogP contribution in [0.25, 0.3) is 0 Å². The van der Waals surface area contributed by atoms with Gasteiger partial charge in [-0.15, -0.1) is 0 Å². The van der Waals surface area contributed by atoms with Gasteiger partial charge in [-0.1, -0.05) is 42.5 Å². The lowest BCUT2D eigenvalue weighted by Crippen LogP contribution is -2.33. The molecule has 3 aliphatic rings. The highest BCUT2D eigenvalue weighted by molar-refractivity contribution is 6.06. The van der Waals surface area contributed by atoms with Gasteiger partial charge in [-0.25, -0.2) is 0 Å². The fraction of sp³-hybridized carbons (Fsp3) is 0.333. The highest BCUT2D eigenvalue weighted by atomic mass is 16.5. The van der Waals surface area contributed by atoms with Crippen molar-refractivity contribution >= 4 is 11.8 Å². The van der Waals surface area contributed by atoms with Crippen LogP contribution in [-0.2, 0) is 20.9 Å². The lowest BCUT2D eigenvalue weighted by Gasteiger charge is -2.17. The third kappa shape index (κ3) is 1.43. The molecule has 2 fully saturated rings. The molecule has 4 heteroatoms. The van der Waals surface area contributed by atoms with Crippen LogP contribution < -0.4 is 0 Å². The van der Waals surface area contributed by atoms with Crippen LogP contribution in [0.1, 0.15) is 5.56 Å². The second kappa shape index (κ2) is 3.78. The van der Waals surface area contributed by atoms with E-state index in [0.29, 0.717) is 6.54 Å². The SMILES string of the molecule is O=C1[C@@H]2[C@@H](C(=O)N1Cc1ccccc1)[C@H]1C=C[C@H]2O1. The number of rotatable bonds is 2. The van der Waals surface area contributed by atoms with E-state index in [1.807, 2.05) is 42.5 Å². The predicted octanol–water partition coefficient (Wildman–Crippen LogP) is 1.12. The van der Waals surface area contributed by atoms with E-state index in [9.17, 15) is 9.59 Å². The number of ether oxygens (including phenoxy) is 1. The number of fused-ring (bicyclic) bond motifs is 5. The lowest BCUT2D eigenvalue weighted by atomic mass is 9.85. The molecule has 0 aromatic heterocycles. The van der Waals surface area contributed by atoms with Crippen LogP contribution in [-0.4, -0.2) is 28.9 Å². The maximum atomic E-state index is 12.4. The van der Waals surface area contributed by atoms with E-state index in [0.717, 1.165) is 5.56 Å². The summed E-state index contributed by atoms with van der Waals surface area (Å²) in [5, 5.41) is 0. The molecule has 4 nitrogen and oxygen atoms in total. The topological polar surface area (TPSA) is 46.6 Å². The van der Waals surface area contributed by atoms with Gasteiger partial charge in [-0.05, 0) is 5.56 Å². The number of amides is 2. The van der Waals surface area contributed by atoms with E-state index >= 15 is 0 Å². The fourth-order valence-electron chi connectivity index (χ4n) is 3.29. The number of hydrogen-bond donors (Lipinski definition) is 0. The molecule has 0 spiro atoms.